The summed E-state index contributed by atoms with van der Waals surface area (Å²) in [6.45, 7) is -0.158. The molecular weight excluding hydrogens is 438 g/mol. The zero-order valence-electron chi connectivity index (χ0n) is 15.1. The summed E-state index contributed by atoms with van der Waals surface area (Å²) in [7, 11) is 0. The van der Waals surface area contributed by atoms with Crippen LogP contribution in [0.1, 0.15) is 5.56 Å². The molecule has 0 unspecified atom stereocenters. The van der Waals surface area contributed by atoms with Crippen LogP contribution in [-0.4, -0.2) is 23.7 Å². The van der Waals surface area contributed by atoms with E-state index in [1.165, 1.54) is 12.1 Å². The van der Waals surface area contributed by atoms with Crippen molar-refractivity contribution in [1.82, 2.24) is 0 Å². The molecular formula is C21H16BrN3O4. The van der Waals surface area contributed by atoms with Crippen molar-refractivity contribution in [2.75, 3.05) is 11.9 Å². The topological polar surface area (TPSA) is 93.8 Å². The van der Waals surface area contributed by atoms with Gasteiger partial charge in [-0.25, -0.2) is 0 Å². The van der Waals surface area contributed by atoms with E-state index in [0.717, 1.165) is 4.47 Å². The van der Waals surface area contributed by atoms with Gasteiger partial charge in [0.2, 0.25) is 0 Å². The Morgan fingerprint density at radius 2 is 1.83 bits per heavy atom. The molecule has 0 aromatic heterocycles. The van der Waals surface area contributed by atoms with Crippen LogP contribution in [0.3, 0.4) is 0 Å². The van der Waals surface area contributed by atoms with Gasteiger partial charge in [0, 0.05) is 34.1 Å². The third-order valence-electron chi connectivity index (χ3n) is 3.80. The number of para-hydroxylation sites is 1. The molecule has 0 bridgehead atoms. The van der Waals surface area contributed by atoms with Crippen LogP contribution >= 0.6 is 15.9 Å². The lowest BCUT2D eigenvalue weighted by Gasteiger charge is -2.10. The van der Waals surface area contributed by atoms with E-state index in [4.69, 9.17) is 4.74 Å². The van der Waals surface area contributed by atoms with Gasteiger partial charge >= 0.3 is 0 Å². The van der Waals surface area contributed by atoms with Crippen molar-refractivity contribution in [2.45, 2.75) is 0 Å². The van der Waals surface area contributed by atoms with Gasteiger partial charge in [0.25, 0.3) is 11.6 Å². The van der Waals surface area contributed by atoms with Crippen LogP contribution in [0, 0.1) is 10.1 Å². The first-order valence-electron chi connectivity index (χ1n) is 8.57. The maximum atomic E-state index is 12.1. The number of nitro benzene ring substituents is 1. The third-order valence-corrected chi connectivity index (χ3v) is 4.29. The fourth-order valence-electron chi connectivity index (χ4n) is 2.42. The molecule has 0 saturated heterocycles. The van der Waals surface area contributed by atoms with E-state index >= 15 is 0 Å². The zero-order valence-corrected chi connectivity index (χ0v) is 16.7. The van der Waals surface area contributed by atoms with Crippen molar-refractivity contribution in [3.63, 3.8) is 0 Å². The number of hydrogen-bond donors (Lipinski definition) is 1. The number of nitrogens with one attached hydrogen (secondary N) is 1. The van der Waals surface area contributed by atoms with Crippen LogP contribution < -0.4 is 10.1 Å². The summed E-state index contributed by atoms with van der Waals surface area (Å²) in [5.41, 5.74) is 1.91. The van der Waals surface area contributed by atoms with Crippen molar-refractivity contribution >= 4 is 45.1 Å². The highest BCUT2D eigenvalue weighted by Crippen LogP contribution is 2.24. The molecule has 29 heavy (non-hydrogen) atoms. The number of benzene rings is 3. The highest BCUT2D eigenvalue weighted by atomic mass is 79.9. The number of anilines is 1. The molecule has 3 rings (SSSR count). The van der Waals surface area contributed by atoms with Gasteiger partial charge in [0.15, 0.2) is 6.61 Å². The molecule has 3 aromatic rings. The zero-order chi connectivity index (χ0) is 20.6. The Morgan fingerprint density at radius 3 is 2.52 bits per heavy atom. The minimum Gasteiger partial charge on any atom is -0.483 e. The summed E-state index contributed by atoms with van der Waals surface area (Å²) in [6, 6.07) is 20.3. The Hall–Kier alpha value is -3.52. The Kier molecular flexibility index (Phi) is 6.70. The first-order chi connectivity index (χ1) is 14.0. The van der Waals surface area contributed by atoms with E-state index in [1.807, 2.05) is 18.2 Å². The molecule has 0 heterocycles. The number of carbonyl (C=O) groups excluding carboxylic acids is 1. The van der Waals surface area contributed by atoms with Crippen molar-refractivity contribution in [3.05, 3.63) is 92.9 Å². The maximum Gasteiger partial charge on any atom is 0.269 e. The molecule has 7 nitrogen and oxygen atoms in total. The Balaban J connectivity index is 1.68. The quantitative estimate of drug-likeness (QED) is 0.305. The van der Waals surface area contributed by atoms with E-state index < -0.39 is 4.92 Å². The molecule has 0 aliphatic rings. The minimum atomic E-state index is -0.464. The van der Waals surface area contributed by atoms with E-state index in [2.05, 4.69) is 26.2 Å². The highest BCUT2D eigenvalue weighted by Gasteiger charge is 2.08. The lowest BCUT2D eigenvalue weighted by atomic mass is 10.2. The Labute approximate surface area is 175 Å². The first-order valence-corrected chi connectivity index (χ1v) is 9.36. The van der Waals surface area contributed by atoms with Crippen molar-refractivity contribution in [1.29, 1.82) is 0 Å². The molecule has 0 fully saturated rings. The molecule has 0 aliphatic heterocycles. The minimum absolute atomic E-state index is 0.000133. The van der Waals surface area contributed by atoms with Crippen LogP contribution in [0.25, 0.3) is 0 Å². The summed E-state index contributed by atoms with van der Waals surface area (Å²) in [5.74, 6) is 0.208. The number of halogens is 1. The van der Waals surface area contributed by atoms with Crippen LogP contribution in [0.2, 0.25) is 0 Å². The summed E-state index contributed by atoms with van der Waals surface area (Å²) in [4.78, 5) is 26.7. The van der Waals surface area contributed by atoms with Crippen molar-refractivity contribution in [2.24, 2.45) is 4.99 Å². The lowest BCUT2D eigenvalue weighted by Crippen LogP contribution is -2.20. The van der Waals surface area contributed by atoms with Gasteiger partial charge in [-0.15, -0.1) is 0 Å². The number of non-ortho nitro benzene ring substituents is 1. The first kappa shape index (κ1) is 20.2. The summed E-state index contributed by atoms with van der Waals surface area (Å²) >= 11 is 3.40. The highest BCUT2D eigenvalue weighted by molar-refractivity contribution is 9.10. The Morgan fingerprint density at radius 1 is 1.10 bits per heavy atom. The number of nitrogens with zero attached hydrogens (tertiary/aromatic N) is 2. The van der Waals surface area contributed by atoms with Gasteiger partial charge in [-0.2, -0.15) is 0 Å². The molecule has 8 heteroatoms. The number of aliphatic imine (C=N–C) groups is 1. The van der Waals surface area contributed by atoms with Gasteiger partial charge < -0.3 is 10.1 Å². The molecule has 0 aliphatic carbocycles. The predicted molar refractivity (Wildman–Crippen MR) is 115 cm³/mol. The average Bonchev–Trinajstić information content (AvgIpc) is 2.72. The lowest BCUT2D eigenvalue weighted by molar-refractivity contribution is -0.384. The van der Waals surface area contributed by atoms with Gasteiger partial charge in [-0.05, 0) is 42.5 Å². The van der Waals surface area contributed by atoms with Crippen LogP contribution in [-0.2, 0) is 4.79 Å². The van der Waals surface area contributed by atoms with Crippen LogP contribution in [0.5, 0.6) is 5.75 Å². The second-order valence-corrected chi connectivity index (χ2v) is 6.83. The van der Waals surface area contributed by atoms with Crippen LogP contribution in [0.4, 0.5) is 17.1 Å². The molecule has 1 amide bonds. The Bertz CT molecular complexity index is 1040. The summed E-state index contributed by atoms with van der Waals surface area (Å²) in [6.07, 6.45) is 1.58. The van der Waals surface area contributed by atoms with Gasteiger partial charge in [0.05, 0.1) is 10.6 Å². The third kappa shape index (κ3) is 5.98. The smallest absolute Gasteiger partial charge is 0.269 e. The number of rotatable bonds is 7. The normalized spacial score (nSPS) is 10.7. The predicted octanol–water partition coefficient (Wildman–Crippen LogP) is 5.13. The average molecular weight is 454 g/mol. The fraction of sp³-hybridized carbons (Fsp3) is 0.0476. The molecule has 0 saturated carbocycles. The second kappa shape index (κ2) is 9.61. The number of nitro groups is 1. The molecule has 0 atom stereocenters. The van der Waals surface area contributed by atoms with Gasteiger partial charge in [-0.1, -0.05) is 34.1 Å². The number of ether oxygens (including phenoxy) is 1. The molecule has 0 spiro atoms. The number of hydrogen-bond acceptors (Lipinski definition) is 5. The van der Waals surface area contributed by atoms with Gasteiger partial charge in [-0.3, -0.25) is 19.9 Å². The number of carbonyl (C=O) groups is 1. The molecule has 0 radical (unpaired) electrons. The standard InChI is InChI=1S/C21H16BrN3O4/c22-16-6-11-20(29-14-21(26)24-18-4-2-1-3-5-18)15(12-16)13-23-17-7-9-19(10-8-17)25(27)28/h1-13H,14H2,(H,24,26). The van der Waals surface area contributed by atoms with Crippen molar-refractivity contribution in [3.8, 4) is 5.75 Å². The molecule has 3 aromatic carbocycles. The van der Waals surface area contributed by atoms with Crippen LogP contribution in [0.15, 0.2) is 82.3 Å². The van der Waals surface area contributed by atoms with E-state index in [1.54, 1.807) is 48.7 Å². The summed E-state index contributed by atoms with van der Waals surface area (Å²) < 4.78 is 6.47. The largest absolute Gasteiger partial charge is 0.483 e. The van der Waals surface area contributed by atoms with E-state index in [0.29, 0.717) is 22.7 Å². The second-order valence-electron chi connectivity index (χ2n) is 5.92. The maximum absolute atomic E-state index is 12.1. The summed E-state index contributed by atoms with van der Waals surface area (Å²) in [5, 5.41) is 13.5. The van der Waals surface area contributed by atoms with Gasteiger partial charge in [0.1, 0.15) is 5.75 Å². The SMILES string of the molecule is O=C(COc1ccc(Br)cc1C=Nc1ccc([N+](=O)[O-])cc1)Nc1ccccc1. The van der Waals surface area contributed by atoms with E-state index in [-0.39, 0.29) is 18.2 Å². The fourth-order valence-corrected chi connectivity index (χ4v) is 2.80. The monoisotopic (exact) mass is 453 g/mol. The van der Waals surface area contributed by atoms with E-state index in [9.17, 15) is 14.9 Å². The number of amides is 1. The molecule has 1 N–H and O–H groups in total. The van der Waals surface area contributed by atoms with Crippen molar-refractivity contribution < 1.29 is 14.5 Å². The molecule has 146 valence electrons.